The number of phenols is 1. The Labute approximate surface area is 671 Å². The number of aryl methyl sites for hydroxylation is 3. The topological polar surface area (TPSA) is 329 Å². The highest BCUT2D eigenvalue weighted by Gasteiger charge is 2.38. The van der Waals surface area contributed by atoms with Crippen molar-refractivity contribution in [1.82, 2.24) is 20.2 Å². The predicted octanol–water partition coefficient (Wildman–Crippen LogP) is 16.2. The maximum Gasteiger partial charge on any atom is 0.226 e. The SMILES string of the molecule is C1CCCC1.CC(=O)c1cc(Br)ccc1O.CC1(C)CC(=O)c2cc(Br)ccc2O1.CC1(C)CCc2cc(Br)ccc2O1.Cc1nc(-c2ccc3c(c2)CCC(C)(C)O3)ncc1C(=O)C[C@@H](CCN)C(=O)N(C)[C@@H]1C(=O)C[C@@H](C)C(=O)N[C@H](C(=O)CCC#N)Cc2ccc(OCCN)c(c2)-c2cc1ccc2OCCN. The van der Waals surface area contributed by atoms with Crippen molar-refractivity contribution in [3.63, 3.8) is 0 Å². The zero-order valence-electron chi connectivity index (χ0n) is 64.6. The van der Waals surface area contributed by atoms with Crippen LogP contribution in [0, 0.1) is 30.1 Å². The molecule has 21 nitrogen and oxygen atoms in total. The lowest BCUT2D eigenvalue weighted by Gasteiger charge is -2.32. The third-order valence-electron chi connectivity index (χ3n) is 19.5. The van der Waals surface area contributed by atoms with Crippen LogP contribution in [0.25, 0.3) is 22.5 Å². The predicted molar refractivity (Wildman–Crippen MR) is 436 cm³/mol. The van der Waals surface area contributed by atoms with Gasteiger partial charge in [0.05, 0.1) is 40.9 Å². The Hall–Kier alpha value is -8.70. The van der Waals surface area contributed by atoms with Gasteiger partial charge in [-0.15, -0.1) is 0 Å². The van der Waals surface area contributed by atoms with Crippen LogP contribution in [0.15, 0.2) is 129 Å². The summed E-state index contributed by atoms with van der Waals surface area (Å²) in [5.74, 6) is -0.161. The first-order chi connectivity index (χ1) is 52.2. The second-order valence-corrected chi connectivity index (χ2v) is 32.9. The molecule has 12 rings (SSSR count). The maximum absolute atomic E-state index is 14.8. The number of nitrogens with zero attached hydrogens (tertiary/aromatic N) is 4. The Kier molecular flexibility index (Phi) is 31.6. The number of carbonyl (C=O) groups excluding carboxylic acids is 7. The van der Waals surface area contributed by atoms with E-state index in [1.54, 1.807) is 56.3 Å². The summed E-state index contributed by atoms with van der Waals surface area (Å²) in [6.45, 7) is 17.8. The molecule has 1 aromatic heterocycles. The summed E-state index contributed by atoms with van der Waals surface area (Å²) in [6, 6.07) is 32.6. The zero-order valence-corrected chi connectivity index (χ0v) is 69.4. The van der Waals surface area contributed by atoms with E-state index in [9.17, 15) is 38.8 Å². The maximum atomic E-state index is 14.8. The van der Waals surface area contributed by atoms with E-state index in [0.29, 0.717) is 68.6 Å². The Balaban J connectivity index is 0.000000277. The molecule has 8 N–H and O–H groups in total. The number of likely N-dealkylation sites (N-methyl/N-ethyl adjacent to an activating group) is 1. The molecule has 6 aromatic carbocycles. The molecule has 7 aromatic rings. The number of nitrogens with two attached hydrogens (primary N) is 3. The normalized spacial score (nSPS) is 17.8. The van der Waals surface area contributed by atoms with Crippen molar-refractivity contribution >= 4 is 88.5 Å². The summed E-state index contributed by atoms with van der Waals surface area (Å²) in [6.07, 6.45) is 12.9. The van der Waals surface area contributed by atoms with Crippen molar-refractivity contribution in [2.24, 2.45) is 29.0 Å². The van der Waals surface area contributed by atoms with Crippen molar-refractivity contribution < 1.29 is 62.4 Å². The smallest absolute Gasteiger partial charge is 0.226 e. The summed E-state index contributed by atoms with van der Waals surface area (Å²) < 4.78 is 32.8. The van der Waals surface area contributed by atoms with E-state index in [2.05, 4.69) is 91.9 Å². The number of halogens is 3. The van der Waals surface area contributed by atoms with Crippen molar-refractivity contribution in [3.05, 3.63) is 173 Å². The number of ketones is 5. The van der Waals surface area contributed by atoms with Gasteiger partial charge in [-0.05, 0) is 220 Å². The molecule has 586 valence electrons. The van der Waals surface area contributed by atoms with E-state index >= 15 is 0 Å². The molecule has 2 amide bonds. The van der Waals surface area contributed by atoms with Gasteiger partial charge in [0.25, 0.3) is 0 Å². The molecule has 1 aliphatic carbocycles. The standard InChI is InChI=1S/C51H62N8O8.C11H11BrO2.C11H13BrO.C8H7BrO2.C5H10/c1-30-23-43(62)47(59(5)50(64)36(15-18-53)28-42(61)39-29-56-48(57-31(39)2)35-10-12-44-33(26-35)14-16-51(3,4)67-44)34-9-13-46(66-22-20-55)38(27-34)37-24-32(8-11-45(37)65-21-19-54)25-40(58-49(30)63)41(60)7-6-17-52;1-11(2)6-9(13)8-5-7(12)3-4-10(8)14-11;1-11(2)6-5-8-7-9(12)3-4-10(8)13-11;1-5(10)7-4-6(9)2-3-8(7)11;1-2-4-5-3-1/h8-13,24,26-27,29-30,36,40,47H,6-7,14-16,18-23,25,28,53-55H2,1-5H3,(H,58,63);3-5H,6H2,1-2H3;3-4,7H,5-6H2,1-2H3;2-4,11H,1H3;1-5H2/t30-,36-,40+,47+;;;;/m1..../s1. The number of nitriles is 1. The van der Waals surface area contributed by atoms with Crippen LogP contribution in [0.5, 0.6) is 34.5 Å². The average molecular weight is 1700 g/mol. The van der Waals surface area contributed by atoms with E-state index in [0.717, 1.165) is 61.7 Å². The molecule has 4 atom stereocenters. The van der Waals surface area contributed by atoms with Gasteiger partial charge in [0.1, 0.15) is 70.6 Å². The molecule has 1 saturated carbocycles. The van der Waals surface area contributed by atoms with Crippen molar-refractivity contribution in [3.8, 4) is 63.1 Å². The second-order valence-electron chi connectivity index (χ2n) is 30.2. The molecule has 0 radical (unpaired) electrons. The first-order valence-corrected chi connectivity index (χ1v) is 39.9. The minimum atomic E-state index is -1.24. The Morgan fingerprint density at radius 2 is 1.25 bits per heavy atom. The fraction of sp³-hybridized carbons (Fsp3) is 0.442. The molecule has 0 saturated heterocycles. The molecule has 0 spiro atoms. The molecule has 5 aliphatic rings. The van der Waals surface area contributed by atoms with Crippen LogP contribution in [-0.2, 0) is 38.4 Å². The monoisotopic (exact) mass is 1690 g/mol. The van der Waals surface area contributed by atoms with Crippen molar-refractivity contribution in [2.45, 2.75) is 194 Å². The number of hydrogen-bond donors (Lipinski definition) is 5. The number of phenolic OH excluding ortho intramolecular Hbond substituents is 1. The number of carbonyl (C=O) groups is 7. The van der Waals surface area contributed by atoms with Gasteiger partial charge in [0.2, 0.25) is 11.8 Å². The van der Waals surface area contributed by atoms with Crippen LogP contribution >= 0.6 is 47.8 Å². The van der Waals surface area contributed by atoms with Crippen molar-refractivity contribution in [2.75, 3.05) is 39.9 Å². The Bertz CT molecular complexity index is 4510. The lowest BCUT2D eigenvalue weighted by Crippen LogP contribution is -2.46. The zero-order chi connectivity index (χ0) is 80.2. The highest BCUT2D eigenvalue weighted by Crippen LogP contribution is 2.43. The molecular weight excluding hydrogens is 1590 g/mol. The van der Waals surface area contributed by atoms with Gasteiger partial charge in [-0.2, -0.15) is 5.26 Å². The fourth-order valence-corrected chi connectivity index (χ4v) is 14.7. The summed E-state index contributed by atoms with van der Waals surface area (Å²) in [4.78, 5) is 104. The highest BCUT2D eigenvalue weighted by atomic mass is 79.9. The molecule has 0 unspecified atom stereocenters. The number of Topliss-reactive ketones (excluding diaryl/α,β-unsaturated/α-hetero) is 5. The van der Waals surface area contributed by atoms with Gasteiger partial charge in [-0.3, -0.25) is 33.6 Å². The molecule has 5 heterocycles. The molecule has 4 aliphatic heterocycles. The number of aromatic nitrogens is 2. The van der Waals surface area contributed by atoms with Crippen LogP contribution in [0.3, 0.4) is 0 Å². The van der Waals surface area contributed by atoms with E-state index in [4.69, 9.17) is 51.0 Å². The van der Waals surface area contributed by atoms with Gasteiger partial charge in [-0.25, -0.2) is 9.97 Å². The summed E-state index contributed by atoms with van der Waals surface area (Å²) in [5.41, 5.74) is 24.2. The van der Waals surface area contributed by atoms with E-state index < -0.39 is 41.5 Å². The molecule has 110 heavy (non-hydrogen) atoms. The third-order valence-corrected chi connectivity index (χ3v) is 21.0. The van der Waals surface area contributed by atoms with Crippen LogP contribution in [0.1, 0.15) is 204 Å². The number of aromatic hydroxyl groups is 1. The minimum absolute atomic E-state index is 0.000823. The first kappa shape index (κ1) is 86.9. The number of hydrogen-bond acceptors (Lipinski definition) is 19. The van der Waals surface area contributed by atoms with Gasteiger partial charge in [-0.1, -0.05) is 99.0 Å². The van der Waals surface area contributed by atoms with Gasteiger partial charge < -0.3 is 56.2 Å². The largest absolute Gasteiger partial charge is 0.507 e. The van der Waals surface area contributed by atoms with E-state index in [-0.39, 0.29) is 123 Å². The molecule has 1 fully saturated rings. The van der Waals surface area contributed by atoms with Gasteiger partial charge in [0.15, 0.2) is 34.7 Å². The fourth-order valence-electron chi connectivity index (χ4n) is 13.6. The molecule has 24 heteroatoms. The van der Waals surface area contributed by atoms with Crippen LogP contribution < -0.4 is 46.2 Å². The number of rotatable bonds is 18. The summed E-state index contributed by atoms with van der Waals surface area (Å²) in [7, 11) is 1.50. The third kappa shape index (κ3) is 24.4. The highest BCUT2D eigenvalue weighted by molar-refractivity contribution is 9.11. The lowest BCUT2D eigenvalue weighted by atomic mass is 9.88. The summed E-state index contributed by atoms with van der Waals surface area (Å²) in [5, 5.41) is 21.3. The number of amides is 2. The number of nitrogens with one attached hydrogen (secondary N) is 1. The van der Waals surface area contributed by atoms with Crippen molar-refractivity contribution in [1.29, 1.82) is 5.26 Å². The Morgan fingerprint density at radius 3 is 1.85 bits per heavy atom. The Morgan fingerprint density at radius 1 is 0.691 bits per heavy atom. The number of benzene rings is 6. The molecular formula is C86H103Br3N8O13. The van der Waals surface area contributed by atoms with Gasteiger partial charge in [0, 0.05) is 94.0 Å². The second kappa shape index (κ2) is 40.0. The molecule has 4 bridgehead atoms. The first-order valence-electron chi connectivity index (χ1n) is 37.5. The average Bonchev–Trinajstić information content (AvgIpc) is 0.842. The number of ether oxygens (including phenoxy) is 5. The minimum Gasteiger partial charge on any atom is -0.507 e. The van der Waals surface area contributed by atoms with Gasteiger partial charge >= 0.3 is 0 Å². The quantitative estimate of drug-likeness (QED) is 0.0498. The van der Waals surface area contributed by atoms with E-state index in [1.807, 2.05) is 74.5 Å². The lowest BCUT2D eigenvalue weighted by molar-refractivity contribution is -0.142. The van der Waals surface area contributed by atoms with Crippen LogP contribution in [0.4, 0.5) is 0 Å². The van der Waals surface area contributed by atoms with E-state index in [1.165, 1.54) is 68.8 Å². The van der Waals surface area contributed by atoms with Crippen LogP contribution in [-0.4, -0.2) is 123 Å². The number of fused-ring (bicyclic) bond motifs is 8. The summed E-state index contributed by atoms with van der Waals surface area (Å²) >= 11 is 10.0. The van der Waals surface area contributed by atoms with Crippen LogP contribution in [0.2, 0.25) is 0 Å².